The third kappa shape index (κ3) is 3.48. The van der Waals surface area contributed by atoms with Crippen molar-refractivity contribution in [2.45, 2.75) is 19.5 Å². The number of aromatic nitrogens is 2. The van der Waals surface area contributed by atoms with Crippen LogP contribution in [-0.4, -0.2) is 34.4 Å². The van der Waals surface area contributed by atoms with Crippen LogP contribution >= 0.6 is 0 Å². The highest BCUT2D eigenvalue weighted by molar-refractivity contribution is 5.79. The Morgan fingerprint density at radius 2 is 2.00 bits per heavy atom. The zero-order chi connectivity index (χ0) is 18.8. The second kappa shape index (κ2) is 7.11. The van der Waals surface area contributed by atoms with Gasteiger partial charge in [-0.05, 0) is 29.8 Å². The lowest BCUT2D eigenvalue weighted by Gasteiger charge is -2.18. The van der Waals surface area contributed by atoms with E-state index in [0.717, 1.165) is 16.8 Å². The fourth-order valence-electron chi connectivity index (χ4n) is 3.13. The molecule has 7 heteroatoms. The van der Waals surface area contributed by atoms with Gasteiger partial charge in [0.15, 0.2) is 11.5 Å². The average molecular weight is 365 g/mol. The maximum Gasteiger partial charge on any atom is 0.231 e. The van der Waals surface area contributed by atoms with Gasteiger partial charge in [-0.25, -0.2) is 0 Å². The molecule has 1 aliphatic heterocycles. The van der Waals surface area contributed by atoms with Gasteiger partial charge >= 0.3 is 0 Å². The number of hydrogen-bond donors (Lipinski definition) is 0. The first kappa shape index (κ1) is 17.1. The van der Waals surface area contributed by atoms with Gasteiger partial charge in [-0.3, -0.25) is 14.3 Å². The van der Waals surface area contributed by atoms with Crippen LogP contribution < -0.4 is 14.9 Å². The second-order valence-corrected chi connectivity index (χ2v) is 6.44. The van der Waals surface area contributed by atoms with Gasteiger partial charge < -0.3 is 14.4 Å². The molecule has 4 rings (SSSR count). The summed E-state index contributed by atoms with van der Waals surface area (Å²) in [6.45, 7) is 1.12. The molecule has 7 nitrogen and oxygen atoms in total. The summed E-state index contributed by atoms with van der Waals surface area (Å²) in [5.41, 5.74) is 1.59. The van der Waals surface area contributed by atoms with Crippen LogP contribution in [0.5, 0.6) is 11.5 Å². The first-order chi connectivity index (χ1) is 13.1. The molecular formula is C20H19N3O4. The number of carbonyl (C=O) groups excluding carboxylic acids is 1. The molecule has 0 N–H and O–H groups in total. The SMILES string of the molecule is CN(Cc1ccc2c(c1)OCO2)C(=O)CCn1ncc(=O)c2ccccc21. The Bertz CT molecular complexity index is 1060. The molecule has 2 heterocycles. The number of benzene rings is 2. The van der Waals surface area contributed by atoms with E-state index in [4.69, 9.17) is 9.47 Å². The molecule has 0 radical (unpaired) electrons. The zero-order valence-electron chi connectivity index (χ0n) is 14.9. The van der Waals surface area contributed by atoms with E-state index in [9.17, 15) is 9.59 Å². The summed E-state index contributed by atoms with van der Waals surface area (Å²) in [5, 5.41) is 4.77. The number of fused-ring (bicyclic) bond motifs is 2. The van der Waals surface area contributed by atoms with Crippen LogP contribution in [-0.2, 0) is 17.9 Å². The quantitative estimate of drug-likeness (QED) is 0.693. The smallest absolute Gasteiger partial charge is 0.231 e. The van der Waals surface area contributed by atoms with E-state index in [2.05, 4.69) is 5.10 Å². The molecule has 0 bridgehead atoms. The van der Waals surface area contributed by atoms with Crippen molar-refractivity contribution in [3.05, 3.63) is 64.4 Å². The monoisotopic (exact) mass is 365 g/mol. The minimum Gasteiger partial charge on any atom is -0.454 e. The molecule has 2 aromatic carbocycles. The summed E-state index contributed by atoms with van der Waals surface area (Å²) in [6, 6.07) is 12.9. The normalized spacial score (nSPS) is 12.3. The number of aryl methyl sites for hydroxylation is 1. The van der Waals surface area contributed by atoms with Crippen molar-refractivity contribution < 1.29 is 14.3 Å². The molecule has 138 valence electrons. The largest absolute Gasteiger partial charge is 0.454 e. The molecule has 1 amide bonds. The fraction of sp³-hybridized carbons (Fsp3) is 0.250. The maximum atomic E-state index is 12.5. The van der Waals surface area contributed by atoms with E-state index in [1.165, 1.54) is 6.20 Å². The molecular weight excluding hydrogens is 346 g/mol. The Hall–Kier alpha value is -3.35. The standard InChI is InChI=1S/C20H19N3O4/c1-22(12-14-6-7-18-19(10-14)27-13-26-18)20(25)8-9-23-16-5-3-2-4-15(16)17(24)11-21-23/h2-7,10-11H,8-9,12-13H2,1H3. The lowest BCUT2D eigenvalue weighted by atomic mass is 10.2. The predicted molar refractivity (Wildman–Crippen MR) is 99.7 cm³/mol. The molecule has 0 saturated heterocycles. The summed E-state index contributed by atoms with van der Waals surface area (Å²) in [6.07, 6.45) is 1.59. The number of amides is 1. The van der Waals surface area contributed by atoms with E-state index < -0.39 is 0 Å². The highest BCUT2D eigenvalue weighted by atomic mass is 16.7. The van der Waals surface area contributed by atoms with E-state index in [0.29, 0.717) is 30.6 Å². The fourth-order valence-corrected chi connectivity index (χ4v) is 3.13. The lowest BCUT2D eigenvalue weighted by molar-refractivity contribution is -0.130. The van der Waals surface area contributed by atoms with Gasteiger partial charge in [0.1, 0.15) is 0 Å². The molecule has 0 fully saturated rings. The number of hydrogen-bond acceptors (Lipinski definition) is 5. The first-order valence-corrected chi connectivity index (χ1v) is 8.69. The number of ether oxygens (including phenoxy) is 2. The summed E-state index contributed by atoms with van der Waals surface area (Å²) in [7, 11) is 1.77. The third-order valence-electron chi connectivity index (χ3n) is 4.58. The Balaban J connectivity index is 1.42. The van der Waals surface area contributed by atoms with Crippen LogP contribution in [0, 0.1) is 0 Å². The van der Waals surface area contributed by atoms with Gasteiger partial charge in [0.2, 0.25) is 18.1 Å². The molecule has 0 spiro atoms. The van der Waals surface area contributed by atoms with Crippen molar-refractivity contribution in [2.24, 2.45) is 0 Å². The highest BCUT2D eigenvalue weighted by Gasteiger charge is 2.15. The summed E-state index contributed by atoms with van der Waals surface area (Å²) >= 11 is 0. The van der Waals surface area contributed by atoms with E-state index in [-0.39, 0.29) is 18.1 Å². The van der Waals surface area contributed by atoms with Gasteiger partial charge in [-0.15, -0.1) is 0 Å². The molecule has 0 saturated carbocycles. The van der Waals surface area contributed by atoms with Crippen molar-refractivity contribution in [3.8, 4) is 11.5 Å². The van der Waals surface area contributed by atoms with Gasteiger partial charge in [-0.2, -0.15) is 5.10 Å². The van der Waals surface area contributed by atoms with Crippen molar-refractivity contribution >= 4 is 16.8 Å². The Labute approximate surface area is 155 Å². The highest BCUT2D eigenvalue weighted by Crippen LogP contribution is 2.32. The van der Waals surface area contributed by atoms with Crippen molar-refractivity contribution in [3.63, 3.8) is 0 Å². The van der Waals surface area contributed by atoms with Gasteiger partial charge in [-0.1, -0.05) is 18.2 Å². The Morgan fingerprint density at radius 3 is 2.89 bits per heavy atom. The summed E-state index contributed by atoms with van der Waals surface area (Å²) in [4.78, 5) is 26.1. The minimum atomic E-state index is -0.117. The van der Waals surface area contributed by atoms with Crippen LogP contribution in [0.4, 0.5) is 0 Å². The van der Waals surface area contributed by atoms with Crippen LogP contribution in [0.15, 0.2) is 53.5 Å². The van der Waals surface area contributed by atoms with Crippen LogP contribution in [0.1, 0.15) is 12.0 Å². The van der Waals surface area contributed by atoms with Gasteiger partial charge in [0, 0.05) is 25.4 Å². The van der Waals surface area contributed by atoms with E-state index in [1.54, 1.807) is 22.7 Å². The topological polar surface area (TPSA) is 73.7 Å². The third-order valence-corrected chi connectivity index (χ3v) is 4.58. The predicted octanol–water partition coefficient (Wildman–Crippen LogP) is 2.17. The molecule has 0 atom stereocenters. The molecule has 1 aromatic heterocycles. The number of carbonyl (C=O) groups is 1. The number of para-hydroxylation sites is 1. The summed E-state index contributed by atoms with van der Waals surface area (Å²) < 4.78 is 12.4. The maximum absolute atomic E-state index is 12.5. The Kier molecular flexibility index (Phi) is 4.50. The molecule has 3 aromatic rings. The lowest BCUT2D eigenvalue weighted by Crippen LogP contribution is -2.27. The average Bonchev–Trinajstić information content (AvgIpc) is 3.15. The number of nitrogens with zero attached hydrogens (tertiary/aromatic N) is 3. The number of rotatable bonds is 5. The zero-order valence-corrected chi connectivity index (χ0v) is 14.9. The van der Waals surface area contributed by atoms with Crippen molar-refractivity contribution in [1.29, 1.82) is 0 Å². The van der Waals surface area contributed by atoms with Crippen molar-refractivity contribution in [2.75, 3.05) is 13.8 Å². The van der Waals surface area contributed by atoms with Crippen LogP contribution in [0.3, 0.4) is 0 Å². The molecule has 27 heavy (non-hydrogen) atoms. The van der Waals surface area contributed by atoms with Gasteiger partial charge in [0.05, 0.1) is 18.3 Å². The van der Waals surface area contributed by atoms with Crippen molar-refractivity contribution in [1.82, 2.24) is 14.7 Å². The van der Waals surface area contributed by atoms with E-state index >= 15 is 0 Å². The minimum absolute atomic E-state index is 0.00255. The molecule has 0 aliphatic carbocycles. The first-order valence-electron chi connectivity index (χ1n) is 8.69. The van der Waals surface area contributed by atoms with E-state index in [1.807, 2.05) is 36.4 Å². The second-order valence-electron chi connectivity index (χ2n) is 6.44. The molecule has 1 aliphatic rings. The molecule has 0 unspecified atom stereocenters. The van der Waals surface area contributed by atoms with Crippen LogP contribution in [0.25, 0.3) is 10.9 Å². The van der Waals surface area contributed by atoms with Crippen LogP contribution in [0.2, 0.25) is 0 Å². The summed E-state index contributed by atoms with van der Waals surface area (Å²) in [5.74, 6) is 1.43. The Morgan fingerprint density at radius 1 is 1.19 bits per heavy atom. The van der Waals surface area contributed by atoms with Gasteiger partial charge in [0.25, 0.3) is 0 Å².